The molecular weight excluding hydrogens is 430 g/mol. The van der Waals surface area contributed by atoms with Crippen molar-refractivity contribution in [2.45, 2.75) is 18.8 Å². The van der Waals surface area contributed by atoms with Crippen molar-refractivity contribution in [3.8, 4) is 0 Å². The molecule has 0 unspecified atom stereocenters. The van der Waals surface area contributed by atoms with E-state index in [1.165, 1.54) is 11.8 Å². The van der Waals surface area contributed by atoms with Crippen molar-refractivity contribution < 1.29 is 14.7 Å². The number of nitrogens with zero attached hydrogens (tertiary/aromatic N) is 1. The van der Waals surface area contributed by atoms with Crippen LogP contribution in [-0.2, 0) is 9.59 Å². The Labute approximate surface area is 190 Å². The van der Waals surface area contributed by atoms with Crippen molar-refractivity contribution in [2.24, 2.45) is 5.92 Å². The largest absolute Gasteiger partial charge is 0.481 e. The summed E-state index contributed by atoms with van der Waals surface area (Å²) >= 11 is 7.81. The number of thioether (sulfide) groups is 1. The average Bonchev–Trinajstić information content (AvgIpc) is 2.94. The zero-order valence-corrected chi connectivity index (χ0v) is 18.4. The van der Waals surface area contributed by atoms with Crippen LogP contribution in [0.15, 0.2) is 83.3 Å². The first-order valence-corrected chi connectivity index (χ1v) is 11.4. The lowest BCUT2D eigenvalue weighted by atomic mass is 9.83. The molecule has 2 aliphatic heterocycles. The van der Waals surface area contributed by atoms with Crippen molar-refractivity contribution >= 4 is 40.8 Å². The highest BCUT2D eigenvalue weighted by Gasteiger charge is 2.36. The molecule has 1 N–H and O–H groups in total. The molecule has 2 aromatic rings. The first-order valence-electron chi connectivity index (χ1n) is 10.1. The Morgan fingerprint density at radius 1 is 1.13 bits per heavy atom. The minimum atomic E-state index is -0.972. The van der Waals surface area contributed by atoms with Gasteiger partial charge in [0.2, 0.25) is 5.91 Å². The Balaban J connectivity index is 1.57. The third-order valence-corrected chi connectivity index (χ3v) is 6.89. The van der Waals surface area contributed by atoms with Gasteiger partial charge in [-0.05, 0) is 40.7 Å². The van der Waals surface area contributed by atoms with E-state index in [4.69, 9.17) is 11.6 Å². The highest BCUT2D eigenvalue weighted by Crippen LogP contribution is 2.39. The van der Waals surface area contributed by atoms with Crippen LogP contribution < -0.4 is 0 Å². The summed E-state index contributed by atoms with van der Waals surface area (Å²) in [4.78, 5) is 26.8. The minimum absolute atomic E-state index is 0.158. The molecule has 31 heavy (non-hydrogen) atoms. The summed E-state index contributed by atoms with van der Waals surface area (Å²) < 4.78 is 0. The monoisotopic (exact) mass is 451 g/mol. The van der Waals surface area contributed by atoms with Gasteiger partial charge in [-0.25, -0.2) is 0 Å². The van der Waals surface area contributed by atoms with Gasteiger partial charge in [-0.3, -0.25) is 9.59 Å². The van der Waals surface area contributed by atoms with Gasteiger partial charge >= 0.3 is 5.97 Å². The van der Waals surface area contributed by atoms with Gasteiger partial charge in [-0.1, -0.05) is 84.0 Å². The van der Waals surface area contributed by atoms with Gasteiger partial charge in [0.25, 0.3) is 0 Å². The van der Waals surface area contributed by atoms with Crippen LogP contribution in [0.5, 0.6) is 0 Å². The van der Waals surface area contributed by atoms with Crippen LogP contribution in [0.3, 0.4) is 0 Å². The summed E-state index contributed by atoms with van der Waals surface area (Å²) in [7, 11) is 0. The first kappa shape index (κ1) is 21.5. The van der Waals surface area contributed by atoms with Gasteiger partial charge in [0.1, 0.15) is 0 Å². The van der Waals surface area contributed by atoms with E-state index in [0.29, 0.717) is 18.0 Å². The van der Waals surface area contributed by atoms with Crippen molar-refractivity contribution in [3.05, 3.63) is 99.4 Å². The van der Waals surface area contributed by atoms with Crippen LogP contribution in [-0.4, -0.2) is 28.4 Å². The summed E-state index contributed by atoms with van der Waals surface area (Å²) in [6.45, 7) is 0.423. The fraction of sp³-hybridized carbons (Fsp3) is 0.200. The predicted octanol–water partition coefficient (Wildman–Crippen LogP) is 5.93. The Kier molecular flexibility index (Phi) is 6.64. The molecule has 4 rings (SSSR count). The molecule has 0 saturated carbocycles. The summed E-state index contributed by atoms with van der Waals surface area (Å²) in [5.74, 6) is -2.05. The number of hydrogen-bond donors (Lipinski definition) is 1. The maximum absolute atomic E-state index is 13.5. The maximum Gasteiger partial charge on any atom is 0.304 e. The SMILES string of the molecule is O=C(O)C[C@H]1C(=O)N(C2=CCC(c3ccccc3Cl)=CS2)CC=C[C@@H]1c1ccccc1. The number of carboxylic acids is 1. The van der Waals surface area contributed by atoms with Gasteiger partial charge in [0.05, 0.1) is 17.4 Å². The standard InChI is InChI=1S/C25H22ClNO3S/c26-22-11-5-4-9-20(22)18-12-13-23(31-16-18)27-14-6-10-19(17-7-2-1-3-8-17)21(25(27)30)15-24(28)29/h1-11,13,16,19,21H,12,14-15H2,(H,28,29)/t19-,21-/m1/s1. The Morgan fingerprint density at radius 2 is 1.87 bits per heavy atom. The predicted molar refractivity (Wildman–Crippen MR) is 125 cm³/mol. The first-order chi connectivity index (χ1) is 15.0. The zero-order chi connectivity index (χ0) is 21.8. The van der Waals surface area contributed by atoms with Gasteiger partial charge in [-0.2, -0.15) is 0 Å². The number of allylic oxidation sites excluding steroid dienone is 3. The molecule has 0 bridgehead atoms. The highest BCUT2D eigenvalue weighted by atomic mass is 35.5. The third-order valence-electron chi connectivity index (χ3n) is 5.53. The lowest BCUT2D eigenvalue weighted by molar-refractivity contribution is -0.143. The van der Waals surface area contributed by atoms with Crippen molar-refractivity contribution in [2.75, 3.05) is 6.54 Å². The number of carbonyl (C=O) groups excluding carboxylic acids is 1. The van der Waals surface area contributed by atoms with Crippen molar-refractivity contribution in [1.82, 2.24) is 4.90 Å². The second-order valence-electron chi connectivity index (χ2n) is 7.51. The maximum atomic E-state index is 13.5. The normalized spacial score (nSPS) is 21.3. The van der Waals surface area contributed by atoms with Gasteiger partial charge in [0, 0.05) is 17.5 Å². The van der Waals surface area contributed by atoms with Crippen LogP contribution >= 0.6 is 23.4 Å². The van der Waals surface area contributed by atoms with Gasteiger partial charge in [0.15, 0.2) is 0 Å². The fourth-order valence-electron chi connectivity index (χ4n) is 4.00. The second-order valence-corrected chi connectivity index (χ2v) is 8.80. The van der Waals surface area contributed by atoms with E-state index < -0.39 is 11.9 Å². The molecule has 0 aliphatic carbocycles. The molecule has 2 aliphatic rings. The van der Waals surface area contributed by atoms with E-state index in [-0.39, 0.29) is 18.2 Å². The van der Waals surface area contributed by atoms with Gasteiger partial charge < -0.3 is 10.0 Å². The second kappa shape index (κ2) is 9.58. The summed E-state index contributed by atoms with van der Waals surface area (Å²) in [6.07, 6.45) is 6.41. The molecule has 0 radical (unpaired) electrons. The van der Waals surface area contributed by atoms with Crippen LogP contribution in [0.1, 0.15) is 29.9 Å². The minimum Gasteiger partial charge on any atom is -0.481 e. The molecule has 4 nitrogen and oxygen atoms in total. The zero-order valence-electron chi connectivity index (χ0n) is 16.8. The van der Waals surface area contributed by atoms with E-state index in [2.05, 4.69) is 0 Å². The topological polar surface area (TPSA) is 57.6 Å². The molecule has 6 heteroatoms. The number of carbonyl (C=O) groups is 2. The summed E-state index contributed by atoms with van der Waals surface area (Å²) in [5, 5.41) is 13.0. The van der Waals surface area contributed by atoms with E-state index in [0.717, 1.165) is 21.7 Å². The van der Waals surface area contributed by atoms with E-state index in [1.54, 1.807) is 4.90 Å². The summed E-state index contributed by atoms with van der Waals surface area (Å²) in [5.41, 5.74) is 3.04. The lowest BCUT2D eigenvalue weighted by Gasteiger charge is -2.29. The Hall–Kier alpha value is -2.76. The van der Waals surface area contributed by atoms with Crippen LogP contribution in [0.2, 0.25) is 5.02 Å². The Bertz CT molecular complexity index is 1080. The third kappa shape index (κ3) is 4.78. The number of aliphatic carboxylic acids is 1. The number of halogens is 1. The molecule has 0 saturated heterocycles. The smallest absolute Gasteiger partial charge is 0.304 e. The molecule has 0 spiro atoms. The van der Waals surface area contributed by atoms with Gasteiger partial charge in [-0.15, -0.1) is 0 Å². The van der Waals surface area contributed by atoms with Crippen molar-refractivity contribution in [3.63, 3.8) is 0 Å². The molecule has 1 amide bonds. The molecule has 2 atom stereocenters. The van der Waals surface area contributed by atoms with E-state index in [9.17, 15) is 14.7 Å². The van der Waals surface area contributed by atoms with Crippen LogP contribution in [0, 0.1) is 5.92 Å². The number of hydrogen-bond acceptors (Lipinski definition) is 3. The summed E-state index contributed by atoms with van der Waals surface area (Å²) in [6, 6.07) is 17.3. The quantitative estimate of drug-likeness (QED) is 0.572. The number of amides is 1. The lowest BCUT2D eigenvalue weighted by Crippen LogP contribution is -2.37. The highest BCUT2D eigenvalue weighted by molar-refractivity contribution is 8.06. The van der Waals surface area contributed by atoms with E-state index >= 15 is 0 Å². The number of benzene rings is 2. The number of rotatable bonds is 5. The average molecular weight is 452 g/mol. The molecular formula is C25H22ClNO3S. The molecule has 2 heterocycles. The molecule has 0 aromatic heterocycles. The van der Waals surface area contributed by atoms with Crippen LogP contribution in [0.4, 0.5) is 0 Å². The molecule has 2 aromatic carbocycles. The van der Waals surface area contributed by atoms with Crippen molar-refractivity contribution in [1.29, 1.82) is 0 Å². The van der Waals surface area contributed by atoms with Crippen LogP contribution in [0.25, 0.3) is 5.57 Å². The Morgan fingerprint density at radius 3 is 2.55 bits per heavy atom. The molecule has 158 valence electrons. The molecule has 0 fully saturated rings. The van der Waals surface area contributed by atoms with E-state index in [1.807, 2.05) is 78.2 Å². The number of carboxylic acid groups (broad SMARTS) is 1. The fourth-order valence-corrected chi connectivity index (χ4v) is 5.22.